The van der Waals surface area contributed by atoms with Gasteiger partial charge in [0.1, 0.15) is 5.75 Å². The zero-order chi connectivity index (χ0) is 14.7. The summed E-state index contributed by atoms with van der Waals surface area (Å²) in [7, 11) is 0. The lowest BCUT2D eigenvalue weighted by Crippen LogP contribution is -1.94. The van der Waals surface area contributed by atoms with Crippen LogP contribution in [-0.2, 0) is 0 Å². The monoisotopic (exact) mass is 291 g/mol. The van der Waals surface area contributed by atoms with Crippen molar-refractivity contribution >= 4 is 23.1 Å². The molecule has 6 heteroatoms. The number of carbonyl (C=O) groups excluding carboxylic acids is 1. The Hall–Kier alpha value is -2.40. The molecule has 0 unspecified atom stereocenters. The first-order chi connectivity index (χ1) is 9.47. The lowest BCUT2D eigenvalue weighted by Gasteiger charge is -2.07. The smallest absolute Gasteiger partial charge is 0.311 e. The van der Waals surface area contributed by atoms with Gasteiger partial charge in [-0.2, -0.15) is 0 Å². The van der Waals surface area contributed by atoms with Crippen molar-refractivity contribution in [3.8, 4) is 11.5 Å². The van der Waals surface area contributed by atoms with Crippen LogP contribution in [0, 0.1) is 10.1 Å². The fourth-order valence-electron chi connectivity index (χ4n) is 1.61. The molecular weight excluding hydrogens is 282 g/mol. The van der Waals surface area contributed by atoms with Gasteiger partial charge in [-0.15, -0.1) is 0 Å². The molecule has 2 rings (SSSR count). The number of nitro benzene ring substituents is 1. The number of ketones is 1. The molecule has 0 saturated heterocycles. The number of nitro groups is 1. The van der Waals surface area contributed by atoms with Crippen LogP contribution >= 0.6 is 11.6 Å². The van der Waals surface area contributed by atoms with Gasteiger partial charge in [-0.05, 0) is 37.3 Å². The van der Waals surface area contributed by atoms with Crippen LogP contribution in [0.1, 0.15) is 17.3 Å². The van der Waals surface area contributed by atoms with Gasteiger partial charge in [-0.3, -0.25) is 14.9 Å². The molecule has 0 heterocycles. The van der Waals surface area contributed by atoms with E-state index in [2.05, 4.69) is 0 Å². The van der Waals surface area contributed by atoms with E-state index in [1.807, 2.05) is 0 Å². The number of benzene rings is 2. The summed E-state index contributed by atoms with van der Waals surface area (Å²) < 4.78 is 5.45. The first-order valence-electron chi connectivity index (χ1n) is 5.70. The van der Waals surface area contributed by atoms with Gasteiger partial charge in [-0.25, -0.2) is 0 Å². The predicted octanol–water partition coefficient (Wildman–Crippen LogP) is 4.24. The average molecular weight is 292 g/mol. The molecule has 2 aromatic carbocycles. The zero-order valence-electron chi connectivity index (χ0n) is 10.5. The van der Waals surface area contributed by atoms with Crippen LogP contribution in [0.15, 0.2) is 42.5 Å². The highest BCUT2D eigenvalue weighted by Crippen LogP contribution is 2.33. The SMILES string of the molecule is CC(=O)c1ccc(Oc2cc(Cl)ccc2[N+](=O)[O-])cc1. The maximum atomic E-state index is 11.2. The van der Waals surface area contributed by atoms with Gasteiger partial charge in [0, 0.05) is 22.7 Å². The van der Waals surface area contributed by atoms with Crippen LogP contribution in [0.5, 0.6) is 11.5 Å². The molecule has 0 radical (unpaired) electrons. The fourth-order valence-corrected chi connectivity index (χ4v) is 1.77. The van der Waals surface area contributed by atoms with Crippen LogP contribution in [0.3, 0.4) is 0 Å². The Labute approximate surface area is 119 Å². The highest BCUT2D eigenvalue weighted by Gasteiger charge is 2.16. The van der Waals surface area contributed by atoms with Crippen molar-refractivity contribution < 1.29 is 14.5 Å². The Balaban J connectivity index is 2.31. The standard InChI is InChI=1S/C14H10ClNO4/c1-9(17)10-2-5-12(6-3-10)20-14-8-11(15)4-7-13(14)16(18)19/h2-8H,1H3. The largest absolute Gasteiger partial charge is 0.450 e. The van der Waals surface area contributed by atoms with E-state index in [9.17, 15) is 14.9 Å². The summed E-state index contributed by atoms with van der Waals surface area (Å²) in [6, 6.07) is 10.4. The van der Waals surface area contributed by atoms with Crippen molar-refractivity contribution in [1.29, 1.82) is 0 Å². The number of halogens is 1. The Morgan fingerprint density at radius 2 is 1.85 bits per heavy atom. The molecule has 0 aliphatic heterocycles. The topological polar surface area (TPSA) is 69.4 Å². The third-order valence-electron chi connectivity index (χ3n) is 2.61. The second kappa shape index (κ2) is 5.71. The van der Waals surface area contributed by atoms with Crippen LogP contribution < -0.4 is 4.74 Å². The van der Waals surface area contributed by atoms with Gasteiger partial charge < -0.3 is 4.74 Å². The van der Waals surface area contributed by atoms with Gasteiger partial charge in [0.15, 0.2) is 5.78 Å². The first kappa shape index (κ1) is 14.0. The molecule has 0 aliphatic carbocycles. The number of carbonyl (C=O) groups is 1. The van der Waals surface area contributed by atoms with Crippen molar-refractivity contribution in [1.82, 2.24) is 0 Å². The van der Waals surface area contributed by atoms with Gasteiger partial charge in [-0.1, -0.05) is 11.6 Å². The van der Waals surface area contributed by atoms with E-state index in [1.54, 1.807) is 24.3 Å². The van der Waals surface area contributed by atoms with E-state index in [4.69, 9.17) is 16.3 Å². The highest BCUT2D eigenvalue weighted by molar-refractivity contribution is 6.30. The molecule has 0 bridgehead atoms. The van der Waals surface area contributed by atoms with Gasteiger partial charge in [0.05, 0.1) is 4.92 Å². The summed E-state index contributed by atoms with van der Waals surface area (Å²) in [5.74, 6) is 0.378. The molecule has 102 valence electrons. The predicted molar refractivity (Wildman–Crippen MR) is 74.6 cm³/mol. The number of ether oxygens (including phenoxy) is 1. The van der Waals surface area contributed by atoms with E-state index >= 15 is 0 Å². The summed E-state index contributed by atoms with van der Waals surface area (Å²) in [6.45, 7) is 1.46. The van der Waals surface area contributed by atoms with E-state index in [0.717, 1.165) is 0 Å². The summed E-state index contributed by atoms with van der Waals surface area (Å²) in [6.07, 6.45) is 0. The number of hydrogen-bond acceptors (Lipinski definition) is 4. The molecule has 2 aromatic rings. The first-order valence-corrected chi connectivity index (χ1v) is 6.08. The minimum Gasteiger partial charge on any atom is -0.450 e. The summed E-state index contributed by atoms with van der Waals surface area (Å²) >= 11 is 5.81. The van der Waals surface area contributed by atoms with Crippen molar-refractivity contribution in [2.24, 2.45) is 0 Å². The number of Topliss-reactive ketones (excluding diaryl/α,β-unsaturated/α-hetero) is 1. The normalized spacial score (nSPS) is 10.1. The second-order valence-corrected chi connectivity index (χ2v) is 4.49. The lowest BCUT2D eigenvalue weighted by molar-refractivity contribution is -0.385. The molecule has 0 saturated carbocycles. The molecule has 5 nitrogen and oxygen atoms in total. The quantitative estimate of drug-likeness (QED) is 0.480. The Morgan fingerprint density at radius 1 is 1.20 bits per heavy atom. The minimum atomic E-state index is -0.546. The Kier molecular flexibility index (Phi) is 4.00. The summed E-state index contributed by atoms with van der Waals surface area (Å²) in [5.41, 5.74) is 0.364. The Bertz CT molecular complexity index is 667. The zero-order valence-corrected chi connectivity index (χ0v) is 11.3. The highest BCUT2D eigenvalue weighted by atomic mass is 35.5. The van der Waals surface area contributed by atoms with E-state index < -0.39 is 4.92 Å². The summed E-state index contributed by atoms with van der Waals surface area (Å²) in [4.78, 5) is 21.5. The molecule has 0 spiro atoms. The maximum absolute atomic E-state index is 11.2. The molecule has 0 amide bonds. The number of hydrogen-bond donors (Lipinski definition) is 0. The van der Waals surface area contributed by atoms with Gasteiger partial charge >= 0.3 is 5.69 Å². The minimum absolute atomic E-state index is 0.0538. The second-order valence-electron chi connectivity index (χ2n) is 4.05. The van der Waals surface area contributed by atoms with E-state index in [0.29, 0.717) is 16.3 Å². The molecule has 20 heavy (non-hydrogen) atoms. The molecule has 0 fully saturated rings. The van der Waals surface area contributed by atoms with Crippen molar-refractivity contribution in [2.75, 3.05) is 0 Å². The van der Waals surface area contributed by atoms with Gasteiger partial charge in [0.2, 0.25) is 5.75 Å². The third-order valence-corrected chi connectivity index (χ3v) is 2.84. The Morgan fingerprint density at radius 3 is 2.40 bits per heavy atom. The lowest BCUT2D eigenvalue weighted by atomic mass is 10.1. The third kappa shape index (κ3) is 3.13. The van der Waals surface area contributed by atoms with Crippen molar-refractivity contribution in [3.63, 3.8) is 0 Å². The molecule has 0 atom stereocenters. The van der Waals surface area contributed by atoms with Gasteiger partial charge in [0.25, 0.3) is 0 Å². The van der Waals surface area contributed by atoms with Crippen molar-refractivity contribution in [2.45, 2.75) is 6.92 Å². The van der Waals surface area contributed by atoms with Crippen LogP contribution in [-0.4, -0.2) is 10.7 Å². The summed E-state index contributed by atoms with van der Waals surface area (Å²) in [5, 5.41) is 11.2. The number of nitrogens with zero attached hydrogens (tertiary/aromatic N) is 1. The molecule has 0 aromatic heterocycles. The van der Waals surface area contributed by atoms with Crippen LogP contribution in [0.25, 0.3) is 0 Å². The fraction of sp³-hybridized carbons (Fsp3) is 0.0714. The number of rotatable bonds is 4. The average Bonchev–Trinajstić information content (AvgIpc) is 2.39. The van der Waals surface area contributed by atoms with Crippen LogP contribution in [0.2, 0.25) is 5.02 Å². The van der Waals surface area contributed by atoms with E-state index in [1.165, 1.54) is 25.1 Å². The molecule has 0 aliphatic rings. The van der Waals surface area contributed by atoms with Crippen LogP contribution in [0.4, 0.5) is 5.69 Å². The molecule has 0 N–H and O–H groups in total. The van der Waals surface area contributed by atoms with Crippen molar-refractivity contribution in [3.05, 3.63) is 63.2 Å². The maximum Gasteiger partial charge on any atom is 0.311 e. The molecular formula is C14H10ClNO4. The van der Waals surface area contributed by atoms with E-state index in [-0.39, 0.29) is 17.2 Å².